The fourth-order valence-electron chi connectivity index (χ4n) is 2.52. The summed E-state index contributed by atoms with van der Waals surface area (Å²) >= 11 is 0. The molecule has 0 aliphatic carbocycles. The van der Waals surface area contributed by atoms with E-state index in [0.29, 0.717) is 26.1 Å². The summed E-state index contributed by atoms with van der Waals surface area (Å²) in [5, 5.41) is 18.2. The Morgan fingerprint density at radius 2 is 2.00 bits per heavy atom. The molecule has 0 aromatic heterocycles. The van der Waals surface area contributed by atoms with E-state index in [2.05, 4.69) is 17.0 Å². The third-order valence-corrected chi connectivity index (χ3v) is 3.57. The molecule has 2 N–H and O–H groups in total. The van der Waals surface area contributed by atoms with Gasteiger partial charge in [0.1, 0.15) is 0 Å². The van der Waals surface area contributed by atoms with Crippen molar-refractivity contribution in [3.8, 4) is 0 Å². The topological polar surface area (TPSA) is 64.0 Å². The molecular formula is C14H20N2O3. The van der Waals surface area contributed by atoms with Crippen molar-refractivity contribution in [3.63, 3.8) is 0 Å². The highest BCUT2D eigenvalue weighted by atomic mass is 16.4. The molecule has 19 heavy (non-hydrogen) atoms. The molecular weight excluding hydrogens is 244 g/mol. The zero-order chi connectivity index (χ0) is 13.7. The summed E-state index contributed by atoms with van der Waals surface area (Å²) in [6.07, 6.45) is -0.265. The van der Waals surface area contributed by atoms with Crippen molar-refractivity contribution < 1.29 is 15.0 Å². The van der Waals surface area contributed by atoms with Gasteiger partial charge in [0.15, 0.2) is 0 Å². The minimum absolute atomic E-state index is 0.0867. The van der Waals surface area contributed by atoms with Crippen LogP contribution in [0.5, 0.6) is 0 Å². The van der Waals surface area contributed by atoms with Crippen molar-refractivity contribution in [2.24, 2.45) is 0 Å². The highest BCUT2D eigenvalue weighted by Gasteiger charge is 2.28. The van der Waals surface area contributed by atoms with E-state index < -0.39 is 6.09 Å². The summed E-state index contributed by atoms with van der Waals surface area (Å²) in [6.45, 7) is 2.61. The fraction of sp³-hybridized carbons (Fsp3) is 0.500. The van der Waals surface area contributed by atoms with Crippen molar-refractivity contribution in [3.05, 3.63) is 35.9 Å². The normalized spacial score (nSPS) is 20.5. The molecule has 1 aliphatic rings. The van der Waals surface area contributed by atoms with Crippen LogP contribution < -0.4 is 0 Å². The van der Waals surface area contributed by atoms with Crippen LogP contribution in [0.3, 0.4) is 0 Å². The maximum Gasteiger partial charge on any atom is 0.407 e. The molecule has 1 heterocycles. The van der Waals surface area contributed by atoms with E-state index in [-0.39, 0.29) is 12.6 Å². The molecule has 1 unspecified atom stereocenters. The lowest BCUT2D eigenvalue weighted by atomic mass is 10.1. The molecule has 2 rings (SSSR count). The lowest BCUT2D eigenvalue weighted by Crippen LogP contribution is -2.54. The summed E-state index contributed by atoms with van der Waals surface area (Å²) in [4.78, 5) is 14.7. The standard InChI is InChI=1S/C14H20N2O3/c17-9-6-13-11-16(14(18)19)8-7-15(13)10-12-4-2-1-3-5-12/h1-5,13,17H,6-11H2,(H,18,19). The molecule has 0 radical (unpaired) electrons. The number of aliphatic hydroxyl groups excluding tert-OH is 1. The Bertz CT molecular complexity index is 410. The third kappa shape index (κ3) is 3.68. The number of hydrogen-bond donors (Lipinski definition) is 2. The highest BCUT2D eigenvalue weighted by molar-refractivity contribution is 5.65. The lowest BCUT2D eigenvalue weighted by molar-refractivity contribution is 0.0526. The molecule has 1 fully saturated rings. The van der Waals surface area contributed by atoms with Gasteiger partial charge in [-0.2, -0.15) is 0 Å². The summed E-state index contributed by atoms with van der Waals surface area (Å²) in [5.74, 6) is 0. The second kappa shape index (κ2) is 6.54. The van der Waals surface area contributed by atoms with Crippen LogP contribution in [0.2, 0.25) is 0 Å². The maximum atomic E-state index is 11.0. The van der Waals surface area contributed by atoms with Crippen LogP contribution in [0.15, 0.2) is 30.3 Å². The smallest absolute Gasteiger partial charge is 0.407 e. The number of carbonyl (C=O) groups is 1. The number of piperazine rings is 1. The van der Waals surface area contributed by atoms with Gasteiger partial charge in [0.2, 0.25) is 0 Å². The predicted octanol–water partition coefficient (Wildman–Crippen LogP) is 1.23. The van der Waals surface area contributed by atoms with Crippen LogP contribution in [0, 0.1) is 0 Å². The van der Waals surface area contributed by atoms with Gasteiger partial charge in [0.05, 0.1) is 0 Å². The summed E-state index contributed by atoms with van der Waals surface area (Å²) in [7, 11) is 0. The van der Waals surface area contributed by atoms with Crippen LogP contribution in [0.1, 0.15) is 12.0 Å². The van der Waals surface area contributed by atoms with Crippen LogP contribution in [0.25, 0.3) is 0 Å². The zero-order valence-corrected chi connectivity index (χ0v) is 10.9. The highest BCUT2D eigenvalue weighted by Crippen LogP contribution is 2.16. The molecule has 0 saturated carbocycles. The van der Waals surface area contributed by atoms with Gasteiger partial charge in [-0.15, -0.1) is 0 Å². The first-order valence-electron chi connectivity index (χ1n) is 6.57. The lowest BCUT2D eigenvalue weighted by Gasteiger charge is -2.40. The van der Waals surface area contributed by atoms with E-state index in [1.165, 1.54) is 10.5 Å². The van der Waals surface area contributed by atoms with Crippen molar-refractivity contribution in [2.45, 2.75) is 19.0 Å². The van der Waals surface area contributed by atoms with Crippen molar-refractivity contribution >= 4 is 6.09 Å². The molecule has 0 spiro atoms. The van der Waals surface area contributed by atoms with Gasteiger partial charge in [-0.1, -0.05) is 30.3 Å². The molecule has 1 amide bonds. The average molecular weight is 264 g/mol. The summed E-state index contributed by atoms with van der Waals surface area (Å²) in [5.41, 5.74) is 1.22. The minimum atomic E-state index is -0.873. The number of nitrogens with zero attached hydrogens (tertiary/aromatic N) is 2. The maximum absolute atomic E-state index is 11.0. The summed E-state index contributed by atoms with van der Waals surface area (Å²) in [6, 6.07) is 10.2. The molecule has 1 aliphatic heterocycles. The number of carboxylic acid groups (broad SMARTS) is 1. The molecule has 1 atom stereocenters. The van der Waals surface area contributed by atoms with Crippen molar-refractivity contribution in [1.29, 1.82) is 0 Å². The number of hydrogen-bond acceptors (Lipinski definition) is 3. The Balaban J connectivity index is 2.01. The van der Waals surface area contributed by atoms with Crippen LogP contribution in [-0.4, -0.2) is 58.4 Å². The van der Waals surface area contributed by atoms with E-state index in [1.807, 2.05) is 18.2 Å². The van der Waals surface area contributed by atoms with Gasteiger partial charge in [0.25, 0.3) is 0 Å². The van der Waals surface area contributed by atoms with Gasteiger partial charge in [-0.25, -0.2) is 4.79 Å². The average Bonchev–Trinajstić information content (AvgIpc) is 2.42. The van der Waals surface area contributed by atoms with Crippen LogP contribution >= 0.6 is 0 Å². The number of aliphatic hydroxyl groups is 1. The molecule has 1 saturated heterocycles. The fourth-order valence-corrected chi connectivity index (χ4v) is 2.52. The Morgan fingerprint density at radius 1 is 1.26 bits per heavy atom. The second-order valence-electron chi connectivity index (χ2n) is 4.85. The Morgan fingerprint density at radius 3 is 2.63 bits per heavy atom. The predicted molar refractivity (Wildman–Crippen MR) is 71.9 cm³/mol. The van der Waals surface area contributed by atoms with Crippen LogP contribution in [0.4, 0.5) is 4.79 Å². The van der Waals surface area contributed by atoms with Crippen molar-refractivity contribution in [1.82, 2.24) is 9.80 Å². The number of benzene rings is 1. The molecule has 5 nitrogen and oxygen atoms in total. The SMILES string of the molecule is O=C(O)N1CCN(Cc2ccccc2)C(CCO)C1. The molecule has 104 valence electrons. The third-order valence-electron chi connectivity index (χ3n) is 3.57. The Kier molecular flexibility index (Phi) is 4.76. The first-order valence-corrected chi connectivity index (χ1v) is 6.57. The number of amides is 1. The Labute approximate surface area is 113 Å². The van der Waals surface area contributed by atoms with Gasteiger partial charge in [-0.05, 0) is 12.0 Å². The van der Waals surface area contributed by atoms with Gasteiger partial charge >= 0.3 is 6.09 Å². The first kappa shape index (κ1) is 13.8. The van der Waals surface area contributed by atoms with Gasteiger partial charge in [-0.3, -0.25) is 4.90 Å². The Hall–Kier alpha value is -1.59. The zero-order valence-electron chi connectivity index (χ0n) is 10.9. The van der Waals surface area contributed by atoms with E-state index >= 15 is 0 Å². The second-order valence-corrected chi connectivity index (χ2v) is 4.85. The van der Waals surface area contributed by atoms with E-state index in [4.69, 9.17) is 10.2 Å². The minimum Gasteiger partial charge on any atom is -0.465 e. The molecule has 0 bridgehead atoms. The van der Waals surface area contributed by atoms with E-state index in [9.17, 15) is 4.79 Å². The largest absolute Gasteiger partial charge is 0.465 e. The molecule has 5 heteroatoms. The monoisotopic (exact) mass is 264 g/mol. The molecule has 1 aromatic rings. The molecule has 1 aromatic carbocycles. The van der Waals surface area contributed by atoms with E-state index in [1.54, 1.807) is 0 Å². The summed E-state index contributed by atoms with van der Waals surface area (Å²) < 4.78 is 0. The number of rotatable bonds is 4. The van der Waals surface area contributed by atoms with Crippen molar-refractivity contribution in [2.75, 3.05) is 26.2 Å². The van der Waals surface area contributed by atoms with Gasteiger partial charge in [0, 0.05) is 38.8 Å². The van der Waals surface area contributed by atoms with Crippen LogP contribution in [-0.2, 0) is 6.54 Å². The first-order chi connectivity index (χ1) is 9.20. The van der Waals surface area contributed by atoms with Gasteiger partial charge < -0.3 is 15.1 Å². The quantitative estimate of drug-likeness (QED) is 0.858. The van der Waals surface area contributed by atoms with E-state index in [0.717, 1.165) is 6.54 Å².